The van der Waals surface area contributed by atoms with Crippen LogP contribution in [0.25, 0.3) is 11.1 Å². The second kappa shape index (κ2) is 15.7. The summed E-state index contributed by atoms with van der Waals surface area (Å²) in [6.45, 7) is 7.50. The number of benzene rings is 4. The molecule has 2 aliphatic rings. The number of rotatable bonds is 11. The molecule has 4 aromatic carbocycles. The van der Waals surface area contributed by atoms with Gasteiger partial charge in [-0.3, -0.25) is 9.80 Å². The molecule has 0 spiro atoms. The normalized spacial score (nSPS) is 16.2. The number of nitrogens with zero attached hydrogens (tertiary/aromatic N) is 2. The quantitative estimate of drug-likeness (QED) is 0.154. The molecule has 3 nitrogen and oxygen atoms in total. The minimum absolute atomic E-state index is 0.541. The summed E-state index contributed by atoms with van der Waals surface area (Å²) in [7, 11) is 0. The fourth-order valence-electron chi connectivity index (χ4n) is 6.59. The van der Waals surface area contributed by atoms with E-state index in [9.17, 15) is 0 Å². The van der Waals surface area contributed by atoms with Gasteiger partial charge < -0.3 is 4.74 Å². The molecule has 0 saturated carbocycles. The molecule has 4 aromatic rings. The molecule has 0 radical (unpaired) electrons. The van der Waals surface area contributed by atoms with E-state index in [0.29, 0.717) is 6.61 Å². The molecule has 0 aliphatic carbocycles. The summed E-state index contributed by atoms with van der Waals surface area (Å²) in [5, 5.41) is 0. The molecule has 5 heteroatoms. The van der Waals surface area contributed by atoms with Crippen molar-refractivity contribution in [1.82, 2.24) is 9.80 Å². The van der Waals surface area contributed by atoms with Gasteiger partial charge in [0.05, 0.1) is 4.47 Å². The van der Waals surface area contributed by atoms with Crippen LogP contribution in [0.3, 0.4) is 0 Å². The van der Waals surface area contributed by atoms with Crippen molar-refractivity contribution < 1.29 is 4.74 Å². The standard InChI is InChI=1S/C39H44Br2N2O/c40-37-25-31(27-42-19-3-1-4-20-42)14-17-34(37)16-13-30-9-7-11-35(23-30)36-12-8-10-33(24-36)29-44-39-18-15-32(26-38(39)41)28-43-21-5-2-6-22-43/h7-12,14-15,17-18,23-26H,1-6,13,16,19-22,27-29H2. The second-order valence-electron chi connectivity index (χ2n) is 12.6. The maximum Gasteiger partial charge on any atom is 0.134 e. The Morgan fingerprint density at radius 3 is 1.70 bits per heavy atom. The average molecular weight is 717 g/mol. The summed E-state index contributed by atoms with van der Waals surface area (Å²) in [6.07, 6.45) is 10.1. The molecule has 0 bridgehead atoms. The molecule has 6 rings (SSSR count). The third-order valence-corrected chi connectivity index (χ3v) is 10.4. The van der Waals surface area contributed by atoms with Crippen molar-refractivity contribution in [3.05, 3.63) is 122 Å². The van der Waals surface area contributed by atoms with Crippen LogP contribution >= 0.6 is 31.9 Å². The van der Waals surface area contributed by atoms with Crippen LogP contribution in [0.1, 0.15) is 66.3 Å². The van der Waals surface area contributed by atoms with Gasteiger partial charge in [-0.1, -0.05) is 89.4 Å². The molecule has 0 atom stereocenters. The summed E-state index contributed by atoms with van der Waals surface area (Å²) in [5.41, 5.74) is 9.14. The summed E-state index contributed by atoms with van der Waals surface area (Å²) >= 11 is 7.62. The van der Waals surface area contributed by atoms with E-state index in [-0.39, 0.29) is 0 Å². The Hall–Kier alpha value is -2.44. The highest BCUT2D eigenvalue weighted by molar-refractivity contribution is 9.10. The zero-order chi connectivity index (χ0) is 30.1. The third-order valence-electron chi connectivity index (χ3n) is 9.09. The van der Waals surface area contributed by atoms with Crippen molar-refractivity contribution in [3.8, 4) is 16.9 Å². The lowest BCUT2D eigenvalue weighted by Gasteiger charge is -2.26. The van der Waals surface area contributed by atoms with Crippen molar-refractivity contribution in [2.24, 2.45) is 0 Å². The molecule has 0 N–H and O–H groups in total. The van der Waals surface area contributed by atoms with Gasteiger partial charge in [0.25, 0.3) is 0 Å². The molecule has 2 heterocycles. The van der Waals surface area contributed by atoms with E-state index in [0.717, 1.165) is 36.2 Å². The Kier molecular flexibility index (Phi) is 11.3. The van der Waals surface area contributed by atoms with E-state index in [4.69, 9.17) is 4.74 Å². The predicted octanol–water partition coefficient (Wildman–Crippen LogP) is 10.2. The maximum atomic E-state index is 6.26. The van der Waals surface area contributed by atoms with Crippen molar-refractivity contribution in [3.63, 3.8) is 0 Å². The van der Waals surface area contributed by atoms with Gasteiger partial charge in [0.1, 0.15) is 12.4 Å². The molecule has 230 valence electrons. The Morgan fingerprint density at radius 1 is 0.523 bits per heavy atom. The van der Waals surface area contributed by atoms with Crippen LogP contribution in [0.2, 0.25) is 0 Å². The largest absolute Gasteiger partial charge is 0.488 e. The fourth-order valence-corrected chi connectivity index (χ4v) is 7.76. The van der Waals surface area contributed by atoms with Crippen molar-refractivity contribution in [1.29, 1.82) is 0 Å². The lowest BCUT2D eigenvalue weighted by molar-refractivity contribution is 0.220. The van der Waals surface area contributed by atoms with Crippen LogP contribution in [0.15, 0.2) is 93.9 Å². The van der Waals surface area contributed by atoms with Gasteiger partial charge >= 0.3 is 0 Å². The van der Waals surface area contributed by atoms with Crippen molar-refractivity contribution >= 4 is 31.9 Å². The first kappa shape index (κ1) is 31.5. The van der Waals surface area contributed by atoms with Gasteiger partial charge in [0.2, 0.25) is 0 Å². The lowest BCUT2D eigenvalue weighted by Crippen LogP contribution is -2.29. The fraction of sp³-hybridized carbons (Fsp3) is 0.385. The maximum absolute atomic E-state index is 6.26. The molecular formula is C39H44Br2N2O. The Labute approximate surface area is 280 Å². The van der Waals surface area contributed by atoms with E-state index < -0.39 is 0 Å². The van der Waals surface area contributed by atoms with Gasteiger partial charge in [-0.25, -0.2) is 0 Å². The van der Waals surface area contributed by atoms with Crippen LogP contribution in [0, 0.1) is 0 Å². The number of aryl methyl sites for hydroxylation is 2. The SMILES string of the molecule is Brc1cc(CN2CCCCC2)ccc1CCc1cccc(-c2cccc(COc3ccc(CN4CCCCC4)cc3Br)c2)c1. The number of hydrogen-bond acceptors (Lipinski definition) is 3. The lowest BCUT2D eigenvalue weighted by atomic mass is 9.98. The summed E-state index contributed by atoms with van der Waals surface area (Å²) in [4.78, 5) is 5.14. The van der Waals surface area contributed by atoms with Gasteiger partial charge in [-0.05, 0) is 144 Å². The molecule has 44 heavy (non-hydrogen) atoms. The van der Waals surface area contributed by atoms with Crippen LogP contribution in [-0.2, 0) is 32.5 Å². The number of piperidine rings is 2. The van der Waals surface area contributed by atoms with E-state index in [1.54, 1.807) is 0 Å². The molecule has 0 aromatic heterocycles. The smallest absolute Gasteiger partial charge is 0.134 e. The zero-order valence-corrected chi connectivity index (χ0v) is 28.9. The minimum atomic E-state index is 0.541. The van der Waals surface area contributed by atoms with Crippen LogP contribution in [0.4, 0.5) is 0 Å². The average Bonchev–Trinajstić information content (AvgIpc) is 3.05. The third kappa shape index (κ3) is 8.84. The topological polar surface area (TPSA) is 15.7 Å². The molecule has 2 fully saturated rings. The van der Waals surface area contributed by atoms with Crippen molar-refractivity contribution in [2.45, 2.75) is 71.1 Å². The Bertz CT molecular complexity index is 1410. The monoisotopic (exact) mass is 714 g/mol. The second-order valence-corrected chi connectivity index (χ2v) is 14.3. The summed E-state index contributed by atoms with van der Waals surface area (Å²) in [6, 6.07) is 31.2. The number of ether oxygens (including phenoxy) is 1. The highest BCUT2D eigenvalue weighted by atomic mass is 79.9. The Morgan fingerprint density at radius 2 is 1.09 bits per heavy atom. The molecule has 0 unspecified atom stereocenters. The summed E-state index contributed by atoms with van der Waals surface area (Å²) < 4.78 is 8.53. The van der Waals surface area contributed by atoms with E-state index in [2.05, 4.69) is 127 Å². The van der Waals surface area contributed by atoms with Crippen LogP contribution < -0.4 is 4.74 Å². The first-order valence-electron chi connectivity index (χ1n) is 16.4. The van der Waals surface area contributed by atoms with Crippen molar-refractivity contribution in [2.75, 3.05) is 26.2 Å². The first-order chi connectivity index (χ1) is 21.6. The Balaban J connectivity index is 1.04. The van der Waals surface area contributed by atoms with Gasteiger partial charge in [0.15, 0.2) is 0 Å². The number of likely N-dealkylation sites (tertiary alicyclic amines) is 2. The van der Waals surface area contributed by atoms with E-state index >= 15 is 0 Å². The molecule has 0 amide bonds. The van der Waals surface area contributed by atoms with Gasteiger partial charge in [-0.2, -0.15) is 0 Å². The predicted molar refractivity (Wildman–Crippen MR) is 190 cm³/mol. The first-order valence-corrected chi connectivity index (χ1v) is 18.0. The molecular weight excluding hydrogens is 672 g/mol. The van der Waals surface area contributed by atoms with E-state index in [1.165, 1.54) is 108 Å². The van der Waals surface area contributed by atoms with Gasteiger partial charge in [0, 0.05) is 17.6 Å². The number of hydrogen-bond donors (Lipinski definition) is 0. The van der Waals surface area contributed by atoms with Gasteiger partial charge in [-0.15, -0.1) is 0 Å². The minimum Gasteiger partial charge on any atom is -0.488 e. The molecule has 2 aliphatic heterocycles. The highest BCUT2D eigenvalue weighted by Gasteiger charge is 2.13. The van der Waals surface area contributed by atoms with Crippen LogP contribution in [0.5, 0.6) is 5.75 Å². The summed E-state index contributed by atoms with van der Waals surface area (Å²) in [5.74, 6) is 0.894. The molecule has 2 saturated heterocycles. The zero-order valence-electron chi connectivity index (χ0n) is 25.7. The van der Waals surface area contributed by atoms with E-state index in [1.807, 2.05) is 0 Å². The number of halogens is 2. The highest BCUT2D eigenvalue weighted by Crippen LogP contribution is 2.29. The van der Waals surface area contributed by atoms with Crippen LogP contribution in [-0.4, -0.2) is 36.0 Å².